The van der Waals surface area contributed by atoms with Crippen molar-refractivity contribution < 1.29 is 4.79 Å². The molecule has 1 heterocycles. The van der Waals surface area contributed by atoms with E-state index in [1.807, 2.05) is 6.92 Å². The van der Waals surface area contributed by atoms with Crippen LogP contribution in [0.5, 0.6) is 0 Å². The van der Waals surface area contributed by atoms with Gasteiger partial charge in [-0.25, -0.2) is 0 Å². The number of hydrogen-bond donors (Lipinski definition) is 2. The van der Waals surface area contributed by atoms with E-state index in [9.17, 15) is 4.79 Å². The summed E-state index contributed by atoms with van der Waals surface area (Å²) in [5.41, 5.74) is 5.81. The topological polar surface area (TPSA) is 68.0 Å². The van der Waals surface area contributed by atoms with E-state index in [0.29, 0.717) is 6.42 Å². The first-order chi connectivity index (χ1) is 7.06. The van der Waals surface area contributed by atoms with Crippen molar-refractivity contribution in [1.82, 2.24) is 4.98 Å². The normalized spacial score (nSPS) is 13.4. The van der Waals surface area contributed by atoms with Crippen LogP contribution in [0, 0.1) is 0 Å². The zero-order chi connectivity index (χ0) is 11.3. The van der Waals surface area contributed by atoms with Crippen molar-refractivity contribution in [2.45, 2.75) is 32.2 Å². The largest absolute Gasteiger partial charge is 0.324 e. The second-order valence-corrected chi connectivity index (χ2v) is 3.86. The molecule has 5 heteroatoms. The summed E-state index contributed by atoms with van der Waals surface area (Å²) < 4.78 is 0. The second-order valence-electron chi connectivity index (χ2n) is 3.86. The Balaban J connectivity index is 0.00000225. The Kier molecular flexibility index (Phi) is 6.00. The standard InChI is InChI=1S/C11H17N3O.ClH/c1-3-6-11(2,12)10(15)14-9-4-7-13-8-5-9;/h4-5,7-8H,3,6,12H2,1-2H3,(H,13,14,15);1H. The minimum absolute atomic E-state index is 0. The lowest BCUT2D eigenvalue weighted by Gasteiger charge is -2.22. The second kappa shape index (κ2) is 6.45. The molecule has 1 amide bonds. The number of pyridine rings is 1. The molecule has 4 nitrogen and oxygen atoms in total. The van der Waals surface area contributed by atoms with Gasteiger partial charge in [0.2, 0.25) is 5.91 Å². The van der Waals surface area contributed by atoms with E-state index in [-0.39, 0.29) is 18.3 Å². The fraction of sp³-hybridized carbons (Fsp3) is 0.455. The van der Waals surface area contributed by atoms with E-state index < -0.39 is 5.54 Å². The summed E-state index contributed by atoms with van der Waals surface area (Å²) in [5, 5.41) is 2.76. The molecule has 1 aromatic heterocycles. The van der Waals surface area contributed by atoms with Gasteiger partial charge in [0.1, 0.15) is 0 Å². The summed E-state index contributed by atoms with van der Waals surface area (Å²) >= 11 is 0. The predicted molar refractivity (Wildman–Crippen MR) is 67.6 cm³/mol. The van der Waals surface area contributed by atoms with Gasteiger partial charge in [-0.15, -0.1) is 12.4 Å². The summed E-state index contributed by atoms with van der Waals surface area (Å²) in [6.45, 7) is 3.75. The highest BCUT2D eigenvalue weighted by atomic mass is 35.5. The van der Waals surface area contributed by atoms with E-state index in [4.69, 9.17) is 5.73 Å². The number of hydrogen-bond acceptors (Lipinski definition) is 3. The van der Waals surface area contributed by atoms with Crippen LogP contribution in [0.2, 0.25) is 0 Å². The van der Waals surface area contributed by atoms with Crippen molar-refractivity contribution in [3.8, 4) is 0 Å². The van der Waals surface area contributed by atoms with E-state index in [1.54, 1.807) is 31.5 Å². The van der Waals surface area contributed by atoms with E-state index in [2.05, 4.69) is 10.3 Å². The third-order valence-electron chi connectivity index (χ3n) is 2.23. The zero-order valence-electron chi connectivity index (χ0n) is 9.56. The molecule has 0 aliphatic rings. The molecular formula is C11H18ClN3O. The van der Waals surface area contributed by atoms with Crippen LogP contribution in [-0.4, -0.2) is 16.4 Å². The Bertz CT molecular complexity index is 327. The Morgan fingerprint density at radius 2 is 2.06 bits per heavy atom. The number of anilines is 1. The molecule has 3 N–H and O–H groups in total. The van der Waals surface area contributed by atoms with Crippen LogP contribution in [0.25, 0.3) is 0 Å². The molecule has 0 aliphatic heterocycles. The molecule has 0 radical (unpaired) electrons. The lowest BCUT2D eigenvalue weighted by atomic mass is 9.96. The van der Waals surface area contributed by atoms with Crippen LogP contribution in [-0.2, 0) is 4.79 Å². The number of aromatic nitrogens is 1. The Morgan fingerprint density at radius 1 is 1.50 bits per heavy atom. The molecule has 0 saturated heterocycles. The summed E-state index contributed by atoms with van der Waals surface area (Å²) in [6.07, 6.45) is 4.81. The molecule has 0 saturated carbocycles. The van der Waals surface area contributed by atoms with Gasteiger partial charge in [-0.2, -0.15) is 0 Å². The maximum Gasteiger partial charge on any atom is 0.244 e. The first kappa shape index (κ1) is 14.9. The van der Waals surface area contributed by atoms with Gasteiger partial charge in [-0.1, -0.05) is 13.3 Å². The number of carbonyl (C=O) groups is 1. The number of rotatable bonds is 4. The Morgan fingerprint density at radius 3 is 2.56 bits per heavy atom. The summed E-state index contributed by atoms with van der Waals surface area (Å²) in [5.74, 6) is -0.157. The van der Waals surface area contributed by atoms with Gasteiger partial charge in [-0.05, 0) is 25.5 Å². The fourth-order valence-corrected chi connectivity index (χ4v) is 1.34. The van der Waals surface area contributed by atoms with Crippen LogP contribution in [0.3, 0.4) is 0 Å². The average molecular weight is 244 g/mol. The van der Waals surface area contributed by atoms with E-state index in [0.717, 1.165) is 12.1 Å². The van der Waals surface area contributed by atoms with Gasteiger partial charge < -0.3 is 11.1 Å². The van der Waals surface area contributed by atoms with E-state index >= 15 is 0 Å². The highest BCUT2D eigenvalue weighted by Crippen LogP contribution is 2.12. The van der Waals surface area contributed by atoms with Gasteiger partial charge in [0, 0.05) is 18.1 Å². The maximum absolute atomic E-state index is 11.8. The fourth-order valence-electron chi connectivity index (χ4n) is 1.34. The van der Waals surface area contributed by atoms with Crippen molar-refractivity contribution >= 4 is 24.0 Å². The van der Waals surface area contributed by atoms with Gasteiger partial charge in [0.05, 0.1) is 5.54 Å². The number of amides is 1. The zero-order valence-corrected chi connectivity index (χ0v) is 10.4. The molecule has 90 valence electrons. The van der Waals surface area contributed by atoms with Gasteiger partial charge >= 0.3 is 0 Å². The molecule has 0 aliphatic carbocycles. The van der Waals surface area contributed by atoms with Crippen molar-refractivity contribution in [3.63, 3.8) is 0 Å². The highest BCUT2D eigenvalue weighted by molar-refractivity contribution is 5.97. The van der Waals surface area contributed by atoms with Crippen molar-refractivity contribution in [3.05, 3.63) is 24.5 Å². The molecule has 1 aromatic rings. The maximum atomic E-state index is 11.8. The number of halogens is 1. The SMILES string of the molecule is CCCC(C)(N)C(=O)Nc1ccncc1.Cl. The number of nitrogens with one attached hydrogen (secondary N) is 1. The smallest absolute Gasteiger partial charge is 0.244 e. The number of carbonyl (C=O) groups excluding carboxylic acids is 1. The van der Waals surface area contributed by atoms with Gasteiger partial charge in [-0.3, -0.25) is 9.78 Å². The molecule has 0 spiro atoms. The minimum atomic E-state index is -0.808. The van der Waals surface area contributed by atoms with Gasteiger partial charge in [0.25, 0.3) is 0 Å². The van der Waals surface area contributed by atoms with Crippen LogP contribution >= 0.6 is 12.4 Å². The molecule has 0 fully saturated rings. The third kappa shape index (κ3) is 4.16. The van der Waals surface area contributed by atoms with Crippen molar-refractivity contribution in [2.75, 3.05) is 5.32 Å². The molecule has 0 aromatic carbocycles. The molecule has 0 bridgehead atoms. The third-order valence-corrected chi connectivity index (χ3v) is 2.23. The van der Waals surface area contributed by atoms with E-state index in [1.165, 1.54) is 0 Å². The lowest BCUT2D eigenvalue weighted by Crippen LogP contribution is -2.48. The van der Waals surface area contributed by atoms with Crippen LogP contribution in [0.4, 0.5) is 5.69 Å². The number of nitrogens with zero attached hydrogens (tertiary/aromatic N) is 1. The molecule has 1 unspecified atom stereocenters. The van der Waals surface area contributed by atoms with Crippen molar-refractivity contribution in [1.29, 1.82) is 0 Å². The average Bonchev–Trinajstić information content (AvgIpc) is 2.19. The monoisotopic (exact) mass is 243 g/mol. The summed E-state index contributed by atoms with van der Waals surface area (Å²) in [7, 11) is 0. The Hall–Kier alpha value is -1.13. The molecule has 1 rings (SSSR count). The number of nitrogens with two attached hydrogens (primary N) is 1. The Labute approximate surface area is 102 Å². The quantitative estimate of drug-likeness (QED) is 0.850. The highest BCUT2D eigenvalue weighted by Gasteiger charge is 2.26. The molecular weight excluding hydrogens is 226 g/mol. The molecule has 1 atom stereocenters. The van der Waals surface area contributed by atoms with Crippen LogP contribution in [0.15, 0.2) is 24.5 Å². The lowest BCUT2D eigenvalue weighted by molar-refractivity contribution is -0.120. The predicted octanol–water partition coefficient (Wildman–Crippen LogP) is 1.96. The van der Waals surface area contributed by atoms with Crippen LogP contribution < -0.4 is 11.1 Å². The summed E-state index contributed by atoms with van der Waals surface area (Å²) in [4.78, 5) is 15.6. The first-order valence-corrected chi connectivity index (χ1v) is 5.06. The summed E-state index contributed by atoms with van der Waals surface area (Å²) in [6, 6.07) is 3.47. The first-order valence-electron chi connectivity index (χ1n) is 5.06. The van der Waals surface area contributed by atoms with Crippen LogP contribution in [0.1, 0.15) is 26.7 Å². The minimum Gasteiger partial charge on any atom is -0.324 e. The van der Waals surface area contributed by atoms with Crippen molar-refractivity contribution in [2.24, 2.45) is 5.73 Å². The molecule has 16 heavy (non-hydrogen) atoms. The van der Waals surface area contributed by atoms with Gasteiger partial charge in [0.15, 0.2) is 0 Å².